The van der Waals surface area contributed by atoms with Gasteiger partial charge in [-0.3, -0.25) is 0 Å². The highest BCUT2D eigenvalue weighted by Crippen LogP contribution is 2.32. The summed E-state index contributed by atoms with van der Waals surface area (Å²) in [4.78, 5) is 0. The molecular formula is C17H18F3N3O3S. The maximum Gasteiger partial charge on any atom is 0.470 e. The topological polar surface area (TPSA) is 76.3 Å². The van der Waals surface area contributed by atoms with Gasteiger partial charge in [-0.25, -0.2) is 8.42 Å². The lowest BCUT2D eigenvalue weighted by Crippen LogP contribution is -2.38. The molecule has 0 radical (unpaired) electrons. The third-order valence-corrected chi connectivity index (χ3v) is 5.82. The fraction of sp³-hybridized carbons (Fsp3) is 0.412. The number of aryl methyl sites for hydroxylation is 1. The Morgan fingerprint density at radius 2 is 1.93 bits per heavy atom. The molecule has 0 amide bonds. The minimum absolute atomic E-state index is 0.0000612. The van der Waals surface area contributed by atoms with Crippen molar-refractivity contribution in [2.75, 3.05) is 13.1 Å². The summed E-state index contributed by atoms with van der Waals surface area (Å²) in [6, 6.07) is 7.35. The molecule has 0 N–H and O–H groups in total. The van der Waals surface area contributed by atoms with Crippen LogP contribution in [0.25, 0.3) is 6.08 Å². The van der Waals surface area contributed by atoms with Crippen LogP contribution < -0.4 is 0 Å². The Balaban J connectivity index is 1.73. The number of alkyl halides is 3. The summed E-state index contributed by atoms with van der Waals surface area (Å²) in [6.07, 6.45) is -2.26. The molecule has 146 valence electrons. The number of hydrogen-bond acceptors (Lipinski definition) is 5. The quantitative estimate of drug-likeness (QED) is 0.783. The molecule has 1 aromatic carbocycles. The number of rotatable bonds is 4. The molecule has 2 aromatic rings. The number of piperidine rings is 1. The van der Waals surface area contributed by atoms with Gasteiger partial charge >= 0.3 is 12.1 Å². The van der Waals surface area contributed by atoms with Crippen LogP contribution in [-0.2, 0) is 16.2 Å². The zero-order chi connectivity index (χ0) is 19.7. The van der Waals surface area contributed by atoms with Crippen LogP contribution in [-0.4, -0.2) is 36.0 Å². The Kier molecular flexibility index (Phi) is 5.38. The second kappa shape index (κ2) is 7.43. The summed E-state index contributed by atoms with van der Waals surface area (Å²) in [5, 5.41) is 7.56. The van der Waals surface area contributed by atoms with E-state index in [1.165, 1.54) is 10.4 Å². The zero-order valence-electron chi connectivity index (χ0n) is 14.5. The van der Waals surface area contributed by atoms with Gasteiger partial charge in [0.15, 0.2) is 0 Å². The van der Waals surface area contributed by atoms with E-state index >= 15 is 0 Å². The van der Waals surface area contributed by atoms with E-state index in [0.29, 0.717) is 12.8 Å². The van der Waals surface area contributed by atoms with Gasteiger partial charge in [-0.05, 0) is 31.4 Å². The minimum Gasteiger partial charge on any atom is -0.417 e. The van der Waals surface area contributed by atoms with Crippen molar-refractivity contribution in [3.05, 3.63) is 52.6 Å². The largest absolute Gasteiger partial charge is 0.470 e. The molecule has 0 aliphatic carbocycles. The van der Waals surface area contributed by atoms with E-state index in [9.17, 15) is 21.6 Å². The van der Waals surface area contributed by atoms with Gasteiger partial charge in [0.25, 0.3) is 0 Å². The number of nitrogens with zero attached hydrogens (tertiary/aromatic N) is 3. The Bertz CT molecular complexity index is 921. The van der Waals surface area contributed by atoms with Gasteiger partial charge in [-0.15, -0.1) is 10.2 Å². The number of hydrogen-bond donors (Lipinski definition) is 0. The molecule has 1 fully saturated rings. The minimum atomic E-state index is -4.72. The third-order valence-electron chi connectivity index (χ3n) is 4.29. The van der Waals surface area contributed by atoms with Gasteiger partial charge in [0.05, 0.1) is 5.92 Å². The average molecular weight is 401 g/mol. The van der Waals surface area contributed by atoms with Crippen LogP contribution >= 0.6 is 0 Å². The Hall–Kier alpha value is -2.20. The lowest BCUT2D eigenvalue weighted by atomic mass is 10.00. The van der Waals surface area contributed by atoms with Gasteiger partial charge in [0, 0.05) is 18.5 Å². The maximum absolute atomic E-state index is 12.6. The molecule has 1 aliphatic heterocycles. The first kappa shape index (κ1) is 19.6. The Morgan fingerprint density at radius 1 is 1.22 bits per heavy atom. The Labute approximate surface area is 154 Å². The van der Waals surface area contributed by atoms with E-state index in [-0.39, 0.29) is 19.0 Å². The molecule has 10 heteroatoms. The second-order valence-corrected chi connectivity index (χ2v) is 8.22. The van der Waals surface area contributed by atoms with E-state index in [2.05, 4.69) is 10.2 Å². The summed E-state index contributed by atoms with van der Waals surface area (Å²) in [7, 11) is -3.71. The van der Waals surface area contributed by atoms with Gasteiger partial charge in [-0.2, -0.15) is 17.5 Å². The first-order chi connectivity index (χ1) is 12.6. The van der Waals surface area contributed by atoms with Crippen molar-refractivity contribution in [2.45, 2.75) is 31.9 Å². The highest BCUT2D eigenvalue weighted by Gasteiger charge is 2.39. The molecule has 2 heterocycles. The van der Waals surface area contributed by atoms with Gasteiger partial charge < -0.3 is 4.42 Å². The summed E-state index contributed by atoms with van der Waals surface area (Å²) < 4.78 is 68.9. The van der Waals surface area contributed by atoms with E-state index < -0.39 is 28.0 Å². The van der Waals surface area contributed by atoms with Crippen molar-refractivity contribution in [3.63, 3.8) is 0 Å². The molecule has 1 unspecified atom stereocenters. The summed E-state index contributed by atoms with van der Waals surface area (Å²) in [5.41, 5.74) is 1.80. The summed E-state index contributed by atoms with van der Waals surface area (Å²) >= 11 is 0. The molecule has 0 saturated carbocycles. The van der Waals surface area contributed by atoms with Crippen molar-refractivity contribution < 1.29 is 26.0 Å². The van der Waals surface area contributed by atoms with Gasteiger partial charge in [0.2, 0.25) is 15.9 Å². The molecule has 3 rings (SSSR count). The summed E-state index contributed by atoms with van der Waals surface area (Å²) in [6.45, 7) is 2.22. The molecule has 1 aromatic heterocycles. The molecule has 6 nitrogen and oxygen atoms in total. The van der Waals surface area contributed by atoms with Crippen LogP contribution in [0.3, 0.4) is 0 Å². The normalized spacial score (nSPS) is 19.6. The first-order valence-electron chi connectivity index (χ1n) is 8.31. The Morgan fingerprint density at radius 3 is 2.56 bits per heavy atom. The molecule has 0 bridgehead atoms. The van der Waals surface area contributed by atoms with Crippen molar-refractivity contribution in [1.82, 2.24) is 14.5 Å². The lowest BCUT2D eigenvalue weighted by Gasteiger charge is -2.29. The van der Waals surface area contributed by atoms with E-state index in [4.69, 9.17) is 4.42 Å². The van der Waals surface area contributed by atoms with E-state index in [0.717, 1.165) is 16.5 Å². The molecule has 1 saturated heterocycles. The highest BCUT2D eigenvalue weighted by molar-refractivity contribution is 7.92. The number of aromatic nitrogens is 2. The second-order valence-electron chi connectivity index (χ2n) is 6.40. The predicted molar refractivity (Wildman–Crippen MR) is 92.0 cm³/mol. The van der Waals surface area contributed by atoms with Crippen LogP contribution in [0.4, 0.5) is 13.2 Å². The van der Waals surface area contributed by atoms with Gasteiger partial charge in [-0.1, -0.05) is 29.8 Å². The van der Waals surface area contributed by atoms with Crippen LogP contribution in [0.1, 0.15) is 41.7 Å². The molecule has 1 aliphatic rings. The molecule has 27 heavy (non-hydrogen) atoms. The monoisotopic (exact) mass is 401 g/mol. The molecule has 0 spiro atoms. The number of benzene rings is 1. The van der Waals surface area contributed by atoms with E-state index in [1.54, 1.807) is 12.1 Å². The van der Waals surface area contributed by atoms with Crippen LogP contribution in [0.15, 0.2) is 34.1 Å². The third kappa shape index (κ3) is 4.75. The predicted octanol–water partition coefficient (Wildman–Crippen LogP) is 3.58. The maximum atomic E-state index is 12.6. The molecule has 1 atom stereocenters. The molecular weight excluding hydrogens is 383 g/mol. The highest BCUT2D eigenvalue weighted by atomic mass is 32.2. The van der Waals surface area contributed by atoms with Crippen LogP contribution in [0.2, 0.25) is 0 Å². The number of halogens is 3. The van der Waals surface area contributed by atoms with Crippen molar-refractivity contribution in [3.8, 4) is 0 Å². The lowest BCUT2D eigenvalue weighted by molar-refractivity contribution is -0.157. The zero-order valence-corrected chi connectivity index (χ0v) is 15.3. The summed E-state index contributed by atoms with van der Waals surface area (Å²) in [5.74, 6) is -2.17. The standard InChI is InChI=1S/C17H18F3N3O3S/c1-12-4-6-13(7-5-12)8-10-27(24,25)23-9-2-3-14(11-23)15-21-22-16(26-15)17(18,19)20/h4-8,10,14H,2-3,9,11H2,1H3/b10-8+. The van der Waals surface area contributed by atoms with Crippen LogP contribution in [0.5, 0.6) is 0 Å². The van der Waals surface area contributed by atoms with Crippen molar-refractivity contribution in [1.29, 1.82) is 0 Å². The van der Waals surface area contributed by atoms with Crippen molar-refractivity contribution in [2.24, 2.45) is 0 Å². The smallest absolute Gasteiger partial charge is 0.417 e. The van der Waals surface area contributed by atoms with Crippen LogP contribution in [0, 0.1) is 6.92 Å². The van der Waals surface area contributed by atoms with Gasteiger partial charge in [0.1, 0.15) is 0 Å². The average Bonchev–Trinajstić information content (AvgIpc) is 3.12. The van der Waals surface area contributed by atoms with Crippen molar-refractivity contribution >= 4 is 16.1 Å². The number of sulfonamides is 1. The fourth-order valence-corrected chi connectivity index (χ4v) is 4.09. The fourth-order valence-electron chi connectivity index (χ4n) is 2.82. The van der Waals surface area contributed by atoms with E-state index in [1.807, 2.05) is 19.1 Å². The SMILES string of the molecule is Cc1ccc(/C=C/S(=O)(=O)N2CCCC(c3nnc(C(F)(F)F)o3)C2)cc1. The first-order valence-corrected chi connectivity index (χ1v) is 9.81.